The van der Waals surface area contributed by atoms with Gasteiger partial charge in [0.1, 0.15) is 5.82 Å². The number of aromatic nitrogens is 1. The third kappa shape index (κ3) is 3.18. The lowest BCUT2D eigenvalue weighted by Gasteiger charge is -2.21. The molecule has 2 nitrogen and oxygen atoms in total. The molecular formula is C11H17ClN2. The van der Waals surface area contributed by atoms with Gasteiger partial charge in [0.15, 0.2) is 0 Å². The molecule has 1 aromatic rings. The Morgan fingerprint density at radius 1 is 1.36 bits per heavy atom. The number of nitrogens with zero attached hydrogens (tertiary/aromatic N) is 2. The summed E-state index contributed by atoms with van der Waals surface area (Å²) in [5, 5.41) is 0.695. The van der Waals surface area contributed by atoms with Crippen LogP contribution in [0.1, 0.15) is 26.7 Å². The van der Waals surface area contributed by atoms with Crippen molar-refractivity contribution in [1.82, 2.24) is 4.98 Å². The molecule has 14 heavy (non-hydrogen) atoms. The minimum absolute atomic E-state index is 0.695. The molecule has 0 saturated heterocycles. The van der Waals surface area contributed by atoms with Crippen molar-refractivity contribution in [2.75, 3.05) is 18.0 Å². The van der Waals surface area contributed by atoms with E-state index in [2.05, 4.69) is 23.7 Å². The highest BCUT2D eigenvalue weighted by Crippen LogP contribution is 2.14. The second-order valence-electron chi connectivity index (χ2n) is 3.27. The molecule has 0 aliphatic carbocycles. The Morgan fingerprint density at radius 3 is 2.64 bits per heavy atom. The van der Waals surface area contributed by atoms with E-state index in [1.54, 1.807) is 6.20 Å². The van der Waals surface area contributed by atoms with E-state index in [-0.39, 0.29) is 0 Å². The molecule has 0 aliphatic rings. The van der Waals surface area contributed by atoms with E-state index in [0.717, 1.165) is 18.9 Å². The van der Waals surface area contributed by atoms with Gasteiger partial charge in [-0.15, -0.1) is 0 Å². The first kappa shape index (κ1) is 11.3. The fourth-order valence-corrected chi connectivity index (χ4v) is 1.45. The van der Waals surface area contributed by atoms with E-state index in [1.165, 1.54) is 12.8 Å². The highest BCUT2D eigenvalue weighted by Gasteiger charge is 2.03. The maximum Gasteiger partial charge on any atom is 0.128 e. The molecular weight excluding hydrogens is 196 g/mol. The van der Waals surface area contributed by atoms with E-state index < -0.39 is 0 Å². The molecule has 0 bridgehead atoms. The molecule has 0 radical (unpaired) electrons. The number of rotatable bonds is 5. The third-order valence-electron chi connectivity index (χ3n) is 2.20. The van der Waals surface area contributed by atoms with Crippen molar-refractivity contribution in [3.63, 3.8) is 0 Å². The van der Waals surface area contributed by atoms with Gasteiger partial charge in [-0.25, -0.2) is 4.98 Å². The normalized spacial score (nSPS) is 10.2. The Balaban J connectivity index is 2.64. The average Bonchev–Trinajstić information content (AvgIpc) is 2.21. The maximum atomic E-state index is 5.78. The summed E-state index contributed by atoms with van der Waals surface area (Å²) in [7, 11) is 0. The van der Waals surface area contributed by atoms with Gasteiger partial charge >= 0.3 is 0 Å². The molecule has 1 aromatic heterocycles. The Bertz CT molecular complexity index is 258. The Morgan fingerprint density at radius 2 is 2.14 bits per heavy atom. The molecule has 1 heterocycles. The molecule has 0 aromatic carbocycles. The zero-order chi connectivity index (χ0) is 10.4. The van der Waals surface area contributed by atoms with Crippen molar-refractivity contribution in [3.8, 4) is 0 Å². The molecule has 0 fully saturated rings. The van der Waals surface area contributed by atoms with Crippen molar-refractivity contribution >= 4 is 17.4 Å². The molecule has 78 valence electrons. The number of pyridine rings is 1. The van der Waals surface area contributed by atoms with Crippen molar-refractivity contribution in [2.45, 2.75) is 26.7 Å². The summed E-state index contributed by atoms with van der Waals surface area (Å²) >= 11 is 5.78. The largest absolute Gasteiger partial charge is 0.357 e. The van der Waals surface area contributed by atoms with Crippen LogP contribution < -0.4 is 4.90 Å². The minimum Gasteiger partial charge on any atom is -0.357 e. The molecule has 0 atom stereocenters. The summed E-state index contributed by atoms with van der Waals surface area (Å²) in [5.41, 5.74) is 0. The van der Waals surface area contributed by atoms with Gasteiger partial charge in [-0.1, -0.05) is 24.9 Å². The molecule has 0 N–H and O–H groups in total. The summed E-state index contributed by atoms with van der Waals surface area (Å²) in [6, 6.07) is 3.86. The predicted octanol–water partition coefficient (Wildman–Crippen LogP) is 3.36. The second kappa shape index (κ2) is 5.86. The standard InChI is InChI=1S/C11H17ClN2/c1-3-5-8-14(4-2)11-7-6-10(12)9-13-11/h6-7,9H,3-5,8H2,1-2H3. The third-order valence-corrected chi connectivity index (χ3v) is 2.42. The smallest absolute Gasteiger partial charge is 0.128 e. The quantitative estimate of drug-likeness (QED) is 0.744. The van der Waals surface area contributed by atoms with Gasteiger partial charge in [-0.3, -0.25) is 0 Å². The second-order valence-corrected chi connectivity index (χ2v) is 3.70. The summed E-state index contributed by atoms with van der Waals surface area (Å²) in [6.45, 7) is 6.41. The SMILES string of the molecule is CCCCN(CC)c1ccc(Cl)cn1. The highest BCUT2D eigenvalue weighted by atomic mass is 35.5. The summed E-state index contributed by atoms with van der Waals surface area (Å²) < 4.78 is 0. The first-order valence-corrected chi connectivity index (χ1v) is 5.52. The summed E-state index contributed by atoms with van der Waals surface area (Å²) in [5.74, 6) is 1.02. The molecule has 0 spiro atoms. The number of hydrogen-bond acceptors (Lipinski definition) is 2. The number of unbranched alkanes of at least 4 members (excludes halogenated alkanes) is 1. The van der Waals surface area contributed by atoms with Gasteiger partial charge in [-0.05, 0) is 25.5 Å². The van der Waals surface area contributed by atoms with Crippen molar-refractivity contribution < 1.29 is 0 Å². The Kier molecular flexibility index (Phi) is 4.74. The molecule has 0 unspecified atom stereocenters. The van der Waals surface area contributed by atoms with E-state index in [9.17, 15) is 0 Å². The monoisotopic (exact) mass is 212 g/mol. The average molecular weight is 213 g/mol. The van der Waals surface area contributed by atoms with Gasteiger partial charge in [-0.2, -0.15) is 0 Å². The van der Waals surface area contributed by atoms with Gasteiger partial charge in [0, 0.05) is 19.3 Å². The van der Waals surface area contributed by atoms with Crippen molar-refractivity contribution in [3.05, 3.63) is 23.4 Å². The predicted molar refractivity (Wildman–Crippen MR) is 62.0 cm³/mol. The zero-order valence-electron chi connectivity index (χ0n) is 8.83. The van der Waals surface area contributed by atoms with Gasteiger partial charge in [0.2, 0.25) is 0 Å². The fraction of sp³-hybridized carbons (Fsp3) is 0.545. The van der Waals surface area contributed by atoms with Crippen LogP contribution in [0, 0.1) is 0 Å². The Hall–Kier alpha value is -0.760. The minimum atomic E-state index is 0.695. The maximum absolute atomic E-state index is 5.78. The van der Waals surface area contributed by atoms with Crippen LogP contribution in [0.4, 0.5) is 5.82 Å². The van der Waals surface area contributed by atoms with Gasteiger partial charge in [0.25, 0.3) is 0 Å². The number of anilines is 1. The van der Waals surface area contributed by atoms with Crippen LogP contribution in [-0.2, 0) is 0 Å². The van der Waals surface area contributed by atoms with Gasteiger partial charge in [0.05, 0.1) is 5.02 Å². The number of halogens is 1. The molecule has 3 heteroatoms. The van der Waals surface area contributed by atoms with Crippen LogP contribution in [0.15, 0.2) is 18.3 Å². The van der Waals surface area contributed by atoms with E-state index >= 15 is 0 Å². The molecule has 0 amide bonds. The first-order valence-electron chi connectivity index (χ1n) is 5.14. The molecule has 0 saturated carbocycles. The van der Waals surface area contributed by atoms with E-state index in [1.807, 2.05) is 12.1 Å². The van der Waals surface area contributed by atoms with Crippen LogP contribution in [0.25, 0.3) is 0 Å². The lowest BCUT2D eigenvalue weighted by molar-refractivity contribution is 0.724. The fourth-order valence-electron chi connectivity index (χ4n) is 1.34. The Labute approximate surface area is 90.9 Å². The van der Waals surface area contributed by atoms with Crippen molar-refractivity contribution in [1.29, 1.82) is 0 Å². The number of hydrogen-bond donors (Lipinski definition) is 0. The molecule has 1 rings (SSSR count). The van der Waals surface area contributed by atoms with Gasteiger partial charge < -0.3 is 4.90 Å². The zero-order valence-corrected chi connectivity index (χ0v) is 9.59. The van der Waals surface area contributed by atoms with E-state index in [4.69, 9.17) is 11.6 Å². The van der Waals surface area contributed by atoms with E-state index in [0.29, 0.717) is 5.02 Å². The first-order chi connectivity index (χ1) is 6.77. The summed E-state index contributed by atoms with van der Waals surface area (Å²) in [6.07, 6.45) is 4.12. The van der Waals surface area contributed by atoms with Crippen LogP contribution in [0.2, 0.25) is 5.02 Å². The van der Waals surface area contributed by atoms with Crippen LogP contribution >= 0.6 is 11.6 Å². The lowest BCUT2D eigenvalue weighted by Crippen LogP contribution is -2.24. The lowest BCUT2D eigenvalue weighted by atomic mass is 10.3. The topological polar surface area (TPSA) is 16.1 Å². The summed E-state index contributed by atoms with van der Waals surface area (Å²) in [4.78, 5) is 6.56. The van der Waals surface area contributed by atoms with Crippen molar-refractivity contribution in [2.24, 2.45) is 0 Å². The van der Waals surface area contributed by atoms with Crippen LogP contribution in [-0.4, -0.2) is 18.1 Å². The molecule has 0 aliphatic heterocycles. The van der Waals surface area contributed by atoms with Crippen LogP contribution in [0.3, 0.4) is 0 Å². The van der Waals surface area contributed by atoms with Crippen LogP contribution in [0.5, 0.6) is 0 Å². The highest BCUT2D eigenvalue weighted by molar-refractivity contribution is 6.30.